The quantitative estimate of drug-likeness (QED) is 0.537. The Morgan fingerprint density at radius 3 is 2.00 bits per heavy atom. The maximum atomic E-state index is 4.23. The summed E-state index contributed by atoms with van der Waals surface area (Å²) in [6, 6.07) is 0. The molecule has 0 fully saturated rings. The van der Waals surface area contributed by atoms with E-state index in [0.29, 0.717) is 0 Å². The molecule has 0 amide bonds. The van der Waals surface area contributed by atoms with Gasteiger partial charge in [0.05, 0.1) is 0 Å². The molecule has 0 aliphatic heterocycles. The molecule has 1 heteroatoms. The van der Waals surface area contributed by atoms with Crippen molar-refractivity contribution in [1.82, 2.24) is 0 Å². The summed E-state index contributed by atoms with van der Waals surface area (Å²) in [4.78, 5) is 4.23. The van der Waals surface area contributed by atoms with Gasteiger partial charge in [0.1, 0.15) is 0 Å². The first-order chi connectivity index (χ1) is 4.81. The SMILES string of the molecule is CC.CCCC(C)=NCC. The molecule has 0 aromatic heterocycles. The Hall–Kier alpha value is -0.330. The lowest BCUT2D eigenvalue weighted by molar-refractivity contribution is 0.971. The van der Waals surface area contributed by atoms with E-state index in [1.165, 1.54) is 12.1 Å². The highest BCUT2D eigenvalue weighted by Gasteiger charge is 1.83. The summed E-state index contributed by atoms with van der Waals surface area (Å²) in [6.07, 6.45) is 2.38. The second kappa shape index (κ2) is 11.5. The fraction of sp³-hybridized carbons (Fsp3) is 0.889. The van der Waals surface area contributed by atoms with Crippen LogP contribution in [-0.2, 0) is 0 Å². The van der Waals surface area contributed by atoms with Gasteiger partial charge in [0.15, 0.2) is 0 Å². The van der Waals surface area contributed by atoms with E-state index in [4.69, 9.17) is 0 Å². The molecular formula is C9H21N. The molecule has 0 saturated heterocycles. The van der Waals surface area contributed by atoms with E-state index < -0.39 is 0 Å². The summed E-state index contributed by atoms with van der Waals surface area (Å²) in [7, 11) is 0. The number of rotatable bonds is 3. The van der Waals surface area contributed by atoms with E-state index in [1.807, 2.05) is 13.8 Å². The molecule has 62 valence electrons. The number of hydrogen-bond donors (Lipinski definition) is 0. The second-order valence-electron chi connectivity index (χ2n) is 1.96. The van der Waals surface area contributed by atoms with Crippen LogP contribution in [0.4, 0.5) is 0 Å². The first-order valence-corrected chi connectivity index (χ1v) is 4.31. The van der Waals surface area contributed by atoms with Gasteiger partial charge in [-0.2, -0.15) is 0 Å². The van der Waals surface area contributed by atoms with Gasteiger partial charge in [-0.25, -0.2) is 0 Å². The maximum Gasteiger partial charge on any atom is 0.0360 e. The molecule has 0 unspecified atom stereocenters. The normalized spacial score (nSPS) is 10.3. The van der Waals surface area contributed by atoms with Gasteiger partial charge in [0.25, 0.3) is 0 Å². The lowest BCUT2D eigenvalue weighted by Gasteiger charge is -1.92. The molecule has 0 bridgehead atoms. The largest absolute Gasteiger partial charge is 0.295 e. The summed E-state index contributed by atoms with van der Waals surface area (Å²) in [5, 5.41) is 0. The summed E-state index contributed by atoms with van der Waals surface area (Å²) in [5.41, 5.74) is 1.29. The van der Waals surface area contributed by atoms with Crippen LogP contribution in [0.25, 0.3) is 0 Å². The van der Waals surface area contributed by atoms with Crippen LogP contribution in [-0.4, -0.2) is 12.3 Å². The van der Waals surface area contributed by atoms with Gasteiger partial charge >= 0.3 is 0 Å². The predicted molar refractivity (Wildman–Crippen MR) is 49.9 cm³/mol. The molecule has 0 aromatic rings. The monoisotopic (exact) mass is 143 g/mol. The third kappa shape index (κ3) is 10.6. The zero-order valence-corrected chi connectivity index (χ0v) is 8.07. The van der Waals surface area contributed by atoms with Gasteiger partial charge in [-0.1, -0.05) is 27.2 Å². The van der Waals surface area contributed by atoms with Crippen LogP contribution in [0.1, 0.15) is 47.5 Å². The molecule has 0 aliphatic carbocycles. The molecule has 0 aromatic carbocycles. The van der Waals surface area contributed by atoms with Gasteiger partial charge in [0.2, 0.25) is 0 Å². The van der Waals surface area contributed by atoms with Crippen LogP contribution in [0.5, 0.6) is 0 Å². The van der Waals surface area contributed by atoms with Crippen molar-refractivity contribution in [3.8, 4) is 0 Å². The summed E-state index contributed by atoms with van der Waals surface area (Å²) < 4.78 is 0. The van der Waals surface area contributed by atoms with Crippen molar-refractivity contribution in [2.24, 2.45) is 4.99 Å². The van der Waals surface area contributed by atoms with Crippen molar-refractivity contribution in [3.05, 3.63) is 0 Å². The van der Waals surface area contributed by atoms with Crippen LogP contribution in [0.15, 0.2) is 4.99 Å². The minimum atomic E-state index is 0.936. The molecule has 0 aliphatic rings. The van der Waals surface area contributed by atoms with E-state index in [9.17, 15) is 0 Å². The van der Waals surface area contributed by atoms with E-state index in [1.54, 1.807) is 0 Å². The molecule has 0 heterocycles. The number of nitrogens with zero attached hydrogens (tertiary/aromatic N) is 1. The number of hydrogen-bond acceptors (Lipinski definition) is 1. The highest BCUT2D eigenvalue weighted by atomic mass is 14.7. The zero-order valence-electron chi connectivity index (χ0n) is 8.07. The molecule has 0 radical (unpaired) electrons. The van der Waals surface area contributed by atoms with E-state index in [0.717, 1.165) is 13.0 Å². The van der Waals surface area contributed by atoms with Gasteiger partial charge in [-0.3, -0.25) is 4.99 Å². The lowest BCUT2D eigenvalue weighted by atomic mass is 10.2. The van der Waals surface area contributed by atoms with Crippen LogP contribution >= 0.6 is 0 Å². The second-order valence-corrected chi connectivity index (χ2v) is 1.96. The Morgan fingerprint density at radius 2 is 1.70 bits per heavy atom. The minimum Gasteiger partial charge on any atom is -0.295 e. The van der Waals surface area contributed by atoms with Gasteiger partial charge < -0.3 is 0 Å². The third-order valence-corrected chi connectivity index (χ3v) is 1.04. The van der Waals surface area contributed by atoms with Crippen molar-refractivity contribution in [2.45, 2.75) is 47.5 Å². The highest BCUT2D eigenvalue weighted by molar-refractivity contribution is 5.81. The smallest absolute Gasteiger partial charge is 0.0360 e. The summed E-state index contributed by atoms with van der Waals surface area (Å²) >= 11 is 0. The fourth-order valence-electron chi connectivity index (χ4n) is 0.711. The molecular weight excluding hydrogens is 122 g/mol. The average molecular weight is 143 g/mol. The predicted octanol–water partition coefficient (Wildman–Crippen LogP) is 3.29. The Bertz CT molecular complexity index is 74.8. The summed E-state index contributed by atoms with van der Waals surface area (Å²) in [5.74, 6) is 0. The van der Waals surface area contributed by atoms with E-state index in [-0.39, 0.29) is 0 Å². The Balaban J connectivity index is 0. The van der Waals surface area contributed by atoms with Gasteiger partial charge in [-0.05, 0) is 20.3 Å². The molecule has 0 saturated carbocycles. The highest BCUT2D eigenvalue weighted by Crippen LogP contribution is 1.89. The Morgan fingerprint density at radius 1 is 1.20 bits per heavy atom. The Labute approximate surface area is 65.6 Å². The first kappa shape index (κ1) is 12.4. The standard InChI is InChI=1S/C7H15N.C2H6/c1-4-6-7(3)8-5-2;1-2/h4-6H2,1-3H3;1-2H3. The van der Waals surface area contributed by atoms with Crippen molar-refractivity contribution in [3.63, 3.8) is 0 Å². The topological polar surface area (TPSA) is 12.4 Å². The van der Waals surface area contributed by atoms with Crippen LogP contribution in [0.2, 0.25) is 0 Å². The summed E-state index contributed by atoms with van der Waals surface area (Å²) in [6.45, 7) is 11.3. The van der Waals surface area contributed by atoms with Crippen molar-refractivity contribution < 1.29 is 0 Å². The van der Waals surface area contributed by atoms with E-state index >= 15 is 0 Å². The minimum absolute atomic E-state index is 0.936. The average Bonchev–Trinajstić information content (AvgIpc) is 1.93. The van der Waals surface area contributed by atoms with Crippen molar-refractivity contribution in [1.29, 1.82) is 0 Å². The lowest BCUT2D eigenvalue weighted by Crippen LogP contribution is -1.89. The maximum absolute atomic E-state index is 4.23. The van der Waals surface area contributed by atoms with Crippen molar-refractivity contribution in [2.75, 3.05) is 6.54 Å². The van der Waals surface area contributed by atoms with Crippen LogP contribution in [0.3, 0.4) is 0 Å². The molecule has 0 N–H and O–H groups in total. The van der Waals surface area contributed by atoms with Gasteiger partial charge in [-0.15, -0.1) is 0 Å². The molecule has 1 nitrogen and oxygen atoms in total. The Kier molecular flexibility index (Phi) is 14.2. The zero-order chi connectivity index (χ0) is 8.41. The van der Waals surface area contributed by atoms with Crippen LogP contribution in [0, 0.1) is 0 Å². The molecule has 0 rings (SSSR count). The fourth-order valence-corrected chi connectivity index (χ4v) is 0.711. The first-order valence-electron chi connectivity index (χ1n) is 4.31. The molecule has 0 spiro atoms. The molecule has 10 heavy (non-hydrogen) atoms. The van der Waals surface area contributed by atoms with E-state index in [2.05, 4.69) is 25.8 Å². The number of aliphatic imine (C=N–C) groups is 1. The van der Waals surface area contributed by atoms with Gasteiger partial charge in [0, 0.05) is 12.3 Å². The van der Waals surface area contributed by atoms with Crippen molar-refractivity contribution >= 4 is 5.71 Å². The molecule has 0 atom stereocenters. The third-order valence-electron chi connectivity index (χ3n) is 1.04. The van der Waals surface area contributed by atoms with Crippen LogP contribution < -0.4 is 0 Å².